The molecule has 0 saturated carbocycles. The molecule has 106 valence electrons. The maximum atomic E-state index is 11.0. The van der Waals surface area contributed by atoms with Crippen molar-refractivity contribution in [3.05, 3.63) is 18.2 Å². The van der Waals surface area contributed by atoms with E-state index in [0.29, 0.717) is 5.11 Å². The van der Waals surface area contributed by atoms with Gasteiger partial charge in [-0.1, -0.05) is 11.8 Å². The van der Waals surface area contributed by atoms with Crippen molar-refractivity contribution in [1.82, 2.24) is 10.3 Å². The number of rotatable bonds is 4. The highest BCUT2D eigenvalue weighted by atomic mass is 32.2. The molecule has 0 aliphatic carbocycles. The van der Waals surface area contributed by atoms with E-state index >= 15 is 0 Å². The van der Waals surface area contributed by atoms with Gasteiger partial charge in [0.15, 0.2) is 9.45 Å². The van der Waals surface area contributed by atoms with Crippen molar-refractivity contribution in [2.45, 2.75) is 4.34 Å². The van der Waals surface area contributed by atoms with E-state index in [2.05, 4.69) is 20.4 Å². The van der Waals surface area contributed by atoms with Crippen LogP contribution in [0.1, 0.15) is 0 Å². The average Bonchev–Trinajstić information content (AvgIpc) is 2.87. The first-order valence-electron chi connectivity index (χ1n) is 5.68. The third-order valence-corrected chi connectivity index (χ3v) is 4.67. The van der Waals surface area contributed by atoms with Gasteiger partial charge in [-0.2, -0.15) is 0 Å². The third kappa shape index (κ3) is 3.81. The lowest BCUT2D eigenvalue weighted by Crippen LogP contribution is -2.33. The van der Waals surface area contributed by atoms with E-state index in [-0.39, 0.29) is 12.5 Å². The highest BCUT2D eigenvalue weighted by Gasteiger charge is 2.06. The topological polar surface area (TPSA) is 63.2 Å². The Morgan fingerprint density at radius 2 is 2.35 bits per heavy atom. The minimum absolute atomic E-state index is 0.0434. The van der Waals surface area contributed by atoms with Gasteiger partial charge >= 0.3 is 5.97 Å². The standard InChI is InChI=1S/C12H13N3O2S3/c1-17-10(16)6-13-11(18)14-7-3-4-8-9(5-7)20-12(15-8)19-2/h3-5H,6H2,1-2H3,(H2,13,14,18). The number of anilines is 1. The molecule has 8 heteroatoms. The van der Waals surface area contributed by atoms with Crippen LogP contribution in [0, 0.1) is 0 Å². The molecule has 2 N–H and O–H groups in total. The lowest BCUT2D eigenvalue weighted by Gasteiger charge is -2.09. The number of nitrogens with one attached hydrogen (secondary N) is 2. The molecule has 0 atom stereocenters. The van der Waals surface area contributed by atoms with Gasteiger partial charge in [0.1, 0.15) is 6.54 Å². The molecule has 0 amide bonds. The second-order valence-electron chi connectivity index (χ2n) is 3.75. The molecular weight excluding hydrogens is 314 g/mol. The Bertz CT molecular complexity index is 642. The first kappa shape index (κ1) is 15.0. The summed E-state index contributed by atoms with van der Waals surface area (Å²) in [7, 11) is 1.33. The zero-order chi connectivity index (χ0) is 14.5. The largest absolute Gasteiger partial charge is 0.468 e. The Morgan fingerprint density at radius 3 is 3.05 bits per heavy atom. The Balaban J connectivity index is 2.02. The second-order valence-corrected chi connectivity index (χ2v) is 6.24. The Hall–Kier alpha value is -1.38. The molecule has 0 bridgehead atoms. The monoisotopic (exact) mass is 327 g/mol. The number of benzene rings is 1. The molecule has 1 heterocycles. The molecular formula is C12H13N3O2S3. The van der Waals surface area contributed by atoms with E-state index in [1.54, 1.807) is 23.1 Å². The van der Waals surface area contributed by atoms with Crippen LogP contribution in [-0.4, -0.2) is 36.0 Å². The molecule has 0 fully saturated rings. The summed E-state index contributed by atoms with van der Waals surface area (Å²) in [6.07, 6.45) is 2.00. The number of hydrogen-bond acceptors (Lipinski definition) is 6. The predicted octanol–water partition coefficient (Wildman–Crippen LogP) is 2.48. The van der Waals surface area contributed by atoms with Crippen molar-refractivity contribution in [1.29, 1.82) is 0 Å². The number of thioether (sulfide) groups is 1. The first-order valence-corrected chi connectivity index (χ1v) is 8.13. The van der Waals surface area contributed by atoms with Gasteiger partial charge in [0.05, 0.1) is 17.3 Å². The van der Waals surface area contributed by atoms with Gasteiger partial charge < -0.3 is 15.4 Å². The van der Waals surface area contributed by atoms with Crippen molar-refractivity contribution < 1.29 is 9.53 Å². The number of thiocarbonyl (C=S) groups is 1. The van der Waals surface area contributed by atoms with Crippen molar-refractivity contribution in [2.75, 3.05) is 25.2 Å². The number of ether oxygens (including phenoxy) is 1. The van der Waals surface area contributed by atoms with Crippen molar-refractivity contribution >= 4 is 62.3 Å². The van der Waals surface area contributed by atoms with Crippen LogP contribution in [0.25, 0.3) is 10.2 Å². The zero-order valence-electron chi connectivity index (χ0n) is 10.9. The van der Waals surface area contributed by atoms with Crippen LogP contribution in [0.5, 0.6) is 0 Å². The summed E-state index contributed by atoms with van der Waals surface area (Å²) in [5, 5.41) is 6.18. The number of fused-ring (bicyclic) bond motifs is 1. The fourth-order valence-corrected chi connectivity index (χ4v) is 3.19. The second kappa shape index (κ2) is 6.87. The molecule has 0 saturated heterocycles. The lowest BCUT2D eigenvalue weighted by atomic mass is 10.3. The number of hydrogen-bond donors (Lipinski definition) is 2. The highest BCUT2D eigenvalue weighted by Crippen LogP contribution is 2.29. The van der Waals surface area contributed by atoms with Gasteiger partial charge in [0.25, 0.3) is 0 Å². The molecule has 20 heavy (non-hydrogen) atoms. The fraction of sp³-hybridized carbons (Fsp3) is 0.250. The summed E-state index contributed by atoms with van der Waals surface area (Å²) in [6, 6.07) is 5.83. The summed E-state index contributed by atoms with van der Waals surface area (Å²) < 4.78 is 6.65. The third-order valence-electron chi connectivity index (χ3n) is 2.42. The SMILES string of the molecule is COC(=O)CNC(=S)Nc1ccc2nc(SC)sc2c1. The molecule has 1 aromatic heterocycles. The average molecular weight is 327 g/mol. The first-order chi connectivity index (χ1) is 9.62. The predicted molar refractivity (Wildman–Crippen MR) is 87.6 cm³/mol. The highest BCUT2D eigenvalue weighted by molar-refractivity contribution is 8.00. The van der Waals surface area contributed by atoms with E-state index < -0.39 is 0 Å². The summed E-state index contributed by atoms with van der Waals surface area (Å²) in [6.45, 7) is 0.0434. The molecule has 0 spiro atoms. The van der Waals surface area contributed by atoms with E-state index in [1.165, 1.54) is 7.11 Å². The van der Waals surface area contributed by atoms with E-state index in [9.17, 15) is 4.79 Å². The summed E-state index contributed by atoms with van der Waals surface area (Å²) >= 11 is 8.37. The van der Waals surface area contributed by atoms with Crippen LogP contribution in [-0.2, 0) is 9.53 Å². The molecule has 2 rings (SSSR count). The van der Waals surface area contributed by atoms with Gasteiger partial charge in [-0.3, -0.25) is 4.79 Å². The van der Waals surface area contributed by atoms with Crippen LogP contribution in [0.15, 0.2) is 22.5 Å². The number of nitrogens with zero attached hydrogens (tertiary/aromatic N) is 1. The summed E-state index contributed by atoms with van der Waals surface area (Å²) in [5.74, 6) is -0.364. The maximum absolute atomic E-state index is 11.0. The molecule has 1 aromatic carbocycles. The molecule has 0 unspecified atom stereocenters. The Labute approximate surface area is 130 Å². The van der Waals surface area contributed by atoms with E-state index in [0.717, 1.165) is 20.2 Å². The number of esters is 1. The quantitative estimate of drug-likeness (QED) is 0.508. The van der Waals surface area contributed by atoms with E-state index in [4.69, 9.17) is 12.2 Å². The number of carbonyl (C=O) groups is 1. The summed E-state index contributed by atoms with van der Waals surface area (Å²) in [5.41, 5.74) is 1.83. The normalized spacial score (nSPS) is 10.3. The minimum Gasteiger partial charge on any atom is -0.468 e. The molecule has 0 aliphatic heterocycles. The van der Waals surface area contributed by atoms with Gasteiger partial charge in [-0.15, -0.1) is 11.3 Å². The minimum atomic E-state index is -0.364. The Morgan fingerprint density at radius 1 is 1.55 bits per heavy atom. The number of methoxy groups -OCH3 is 1. The van der Waals surface area contributed by atoms with Crippen LogP contribution < -0.4 is 10.6 Å². The molecule has 5 nitrogen and oxygen atoms in total. The van der Waals surface area contributed by atoms with Crippen molar-refractivity contribution in [2.24, 2.45) is 0 Å². The zero-order valence-corrected chi connectivity index (χ0v) is 13.4. The van der Waals surface area contributed by atoms with Crippen LogP contribution in [0.4, 0.5) is 5.69 Å². The maximum Gasteiger partial charge on any atom is 0.325 e. The van der Waals surface area contributed by atoms with Gasteiger partial charge in [0, 0.05) is 5.69 Å². The van der Waals surface area contributed by atoms with Crippen LogP contribution in [0.2, 0.25) is 0 Å². The van der Waals surface area contributed by atoms with Crippen molar-refractivity contribution in [3.63, 3.8) is 0 Å². The number of carbonyl (C=O) groups excluding carboxylic acids is 1. The molecule has 0 aliphatic rings. The van der Waals surface area contributed by atoms with Gasteiger partial charge in [-0.25, -0.2) is 4.98 Å². The van der Waals surface area contributed by atoms with Crippen LogP contribution in [0.3, 0.4) is 0 Å². The number of thiazole rings is 1. The van der Waals surface area contributed by atoms with Crippen molar-refractivity contribution in [3.8, 4) is 0 Å². The molecule has 0 radical (unpaired) electrons. The summed E-state index contributed by atoms with van der Waals surface area (Å²) in [4.78, 5) is 15.5. The fourth-order valence-electron chi connectivity index (χ4n) is 1.47. The van der Waals surface area contributed by atoms with E-state index in [1.807, 2.05) is 24.5 Å². The van der Waals surface area contributed by atoms with Gasteiger partial charge in [0.2, 0.25) is 0 Å². The number of aromatic nitrogens is 1. The molecule has 2 aromatic rings. The van der Waals surface area contributed by atoms with Gasteiger partial charge in [-0.05, 0) is 36.7 Å². The Kier molecular flexibility index (Phi) is 5.16. The van der Waals surface area contributed by atoms with Crippen LogP contribution >= 0.6 is 35.3 Å². The lowest BCUT2D eigenvalue weighted by molar-refractivity contribution is -0.139. The smallest absolute Gasteiger partial charge is 0.325 e.